The number of rotatable bonds is 1. The average molecular weight is 223 g/mol. The Balaban J connectivity index is 2.89. The summed E-state index contributed by atoms with van der Waals surface area (Å²) in [6, 6.07) is 5.55. The van der Waals surface area contributed by atoms with Crippen molar-refractivity contribution in [2.24, 2.45) is 5.92 Å². The lowest BCUT2D eigenvalue weighted by atomic mass is 10.1. The van der Waals surface area contributed by atoms with Gasteiger partial charge in [-0.3, -0.25) is 0 Å². The van der Waals surface area contributed by atoms with Crippen molar-refractivity contribution in [3.63, 3.8) is 0 Å². The van der Waals surface area contributed by atoms with Crippen molar-refractivity contribution >= 4 is 11.6 Å². The SMILES string of the molecule is Cc1cc(Cl)ccc1C#CC(O)C(C)C. The van der Waals surface area contributed by atoms with Crippen molar-refractivity contribution in [3.8, 4) is 11.8 Å². The molecule has 0 aliphatic heterocycles. The van der Waals surface area contributed by atoms with Gasteiger partial charge < -0.3 is 5.11 Å². The molecule has 1 N–H and O–H groups in total. The van der Waals surface area contributed by atoms with Gasteiger partial charge in [0, 0.05) is 10.6 Å². The van der Waals surface area contributed by atoms with E-state index in [1.54, 1.807) is 6.07 Å². The Kier molecular flexibility index (Phi) is 4.20. The molecule has 0 spiro atoms. The van der Waals surface area contributed by atoms with Crippen LogP contribution in [0, 0.1) is 24.7 Å². The maximum absolute atomic E-state index is 9.53. The Morgan fingerprint density at radius 3 is 2.53 bits per heavy atom. The fourth-order valence-electron chi connectivity index (χ4n) is 1.09. The smallest absolute Gasteiger partial charge is 0.117 e. The predicted molar refractivity (Wildman–Crippen MR) is 63.9 cm³/mol. The molecule has 1 unspecified atom stereocenters. The molecule has 0 aliphatic carbocycles. The van der Waals surface area contributed by atoms with E-state index in [9.17, 15) is 5.11 Å². The van der Waals surface area contributed by atoms with Crippen LogP contribution in [-0.2, 0) is 0 Å². The summed E-state index contributed by atoms with van der Waals surface area (Å²) in [6.07, 6.45) is -0.569. The minimum atomic E-state index is -0.569. The van der Waals surface area contributed by atoms with Crippen molar-refractivity contribution in [3.05, 3.63) is 34.3 Å². The van der Waals surface area contributed by atoms with Crippen LogP contribution in [0.1, 0.15) is 25.0 Å². The maximum atomic E-state index is 9.53. The number of aliphatic hydroxyl groups is 1. The van der Waals surface area contributed by atoms with E-state index >= 15 is 0 Å². The summed E-state index contributed by atoms with van der Waals surface area (Å²) < 4.78 is 0. The van der Waals surface area contributed by atoms with Crippen LogP contribution in [0.4, 0.5) is 0 Å². The molecule has 1 atom stereocenters. The van der Waals surface area contributed by atoms with Crippen LogP contribution in [0.5, 0.6) is 0 Å². The van der Waals surface area contributed by atoms with E-state index in [-0.39, 0.29) is 5.92 Å². The van der Waals surface area contributed by atoms with E-state index in [0.717, 1.165) is 11.1 Å². The quantitative estimate of drug-likeness (QED) is 0.725. The van der Waals surface area contributed by atoms with Crippen molar-refractivity contribution < 1.29 is 5.11 Å². The lowest BCUT2D eigenvalue weighted by Gasteiger charge is -2.05. The summed E-state index contributed by atoms with van der Waals surface area (Å²) >= 11 is 5.83. The lowest BCUT2D eigenvalue weighted by molar-refractivity contribution is 0.181. The molecule has 0 saturated heterocycles. The minimum absolute atomic E-state index is 0.158. The van der Waals surface area contributed by atoms with Gasteiger partial charge in [0.25, 0.3) is 0 Å². The Hall–Kier alpha value is -0.970. The Labute approximate surface area is 96.1 Å². The molecule has 0 heterocycles. The van der Waals surface area contributed by atoms with Crippen LogP contribution < -0.4 is 0 Å². The maximum Gasteiger partial charge on any atom is 0.117 e. The van der Waals surface area contributed by atoms with Gasteiger partial charge in [-0.1, -0.05) is 37.3 Å². The number of aryl methyl sites for hydroxylation is 1. The van der Waals surface area contributed by atoms with Crippen molar-refractivity contribution in [1.29, 1.82) is 0 Å². The Bertz CT molecular complexity index is 399. The normalized spacial score (nSPS) is 12.1. The fourth-order valence-corrected chi connectivity index (χ4v) is 1.31. The third-order valence-corrected chi connectivity index (χ3v) is 2.41. The van der Waals surface area contributed by atoms with E-state index in [1.165, 1.54) is 0 Å². The topological polar surface area (TPSA) is 20.2 Å². The number of hydrogen-bond donors (Lipinski definition) is 1. The van der Waals surface area contributed by atoms with Gasteiger partial charge in [-0.25, -0.2) is 0 Å². The third-order valence-electron chi connectivity index (χ3n) is 2.17. The second kappa shape index (κ2) is 5.21. The summed E-state index contributed by atoms with van der Waals surface area (Å²) in [4.78, 5) is 0. The van der Waals surface area contributed by atoms with Crippen LogP contribution in [0.3, 0.4) is 0 Å². The highest BCUT2D eigenvalue weighted by Gasteiger charge is 2.04. The van der Waals surface area contributed by atoms with E-state index in [1.807, 2.05) is 32.9 Å². The monoisotopic (exact) mass is 222 g/mol. The first-order valence-corrected chi connectivity index (χ1v) is 5.34. The summed E-state index contributed by atoms with van der Waals surface area (Å²) in [6.45, 7) is 5.83. The highest BCUT2D eigenvalue weighted by molar-refractivity contribution is 6.30. The van der Waals surface area contributed by atoms with E-state index in [0.29, 0.717) is 5.02 Å². The fraction of sp³-hybridized carbons (Fsp3) is 0.385. The number of hydrogen-bond acceptors (Lipinski definition) is 1. The van der Waals surface area contributed by atoms with Crippen LogP contribution >= 0.6 is 11.6 Å². The summed E-state index contributed by atoms with van der Waals surface area (Å²) in [5.41, 5.74) is 1.95. The molecule has 2 heteroatoms. The van der Waals surface area contributed by atoms with E-state index in [2.05, 4.69) is 11.8 Å². The molecule has 1 rings (SSSR count). The van der Waals surface area contributed by atoms with Gasteiger partial charge in [0.1, 0.15) is 6.10 Å². The van der Waals surface area contributed by atoms with Crippen LogP contribution in [0.25, 0.3) is 0 Å². The molecule has 0 aromatic heterocycles. The van der Waals surface area contributed by atoms with Gasteiger partial charge in [-0.2, -0.15) is 0 Å². The van der Waals surface area contributed by atoms with Crippen molar-refractivity contribution in [1.82, 2.24) is 0 Å². The third kappa shape index (κ3) is 3.58. The van der Waals surface area contributed by atoms with Crippen LogP contribution in [-0.4, -0.2) is 11.2 Å². The number of benzene rings is 1. The zero-order chi connectivity index (χ0) is 11.4. The largest absolute Gasteiger partial charge is 0.380 e. The molecule has 1 aromatic rings. The minimum Gasteiger partial charge on any atom is -0.380 e. The Morgan fingerprint density at radius 1 is 1.33 bits per heavy atom. The van der Waals surface area contributed by atoms with Crippen LogP contribution in [0.2, 0.25) is 5.02 Å². The van der Waals surface area contributed by atoms with Gasteiger partial charge in [-0.15, -0.1) is 0 Å². The first-order chi connectivity index (χ1) is 7.00. The zero-order valence-corrected chi connectivity index (χ0v) is 9.97. The van der Waals surface area contributed by atoms with Crippen molar-refractivity contribution in [2.45, 2.75) is 26.9 Å². The Morgan fingerprint density at radius 2 is 2.00 bits per heavy atom. The van der Waals surface area contributed by atoms with Gasteiger partial charge in [-0.05, 0) is 36.6 Å². The molecule has 0 saturated carbocycles. The molecule has 0 bridgehead atoms. The molecule has 1 aromatic carbocycles. The standard InChI is InChI=1S/C13H15ClO/c1-9(2)13(15)7-5-11-4-6-12(14)8-10(11)3/h4,6,8-9,13,15H,1-3H3. The molecule has 0 aliphatic rings. The second-order valence-corrected chi connectivity index (χ2v) is 4.35. The summed E-state index contributed by atoms with van der Waals surface area (Å²) in [5, 5.41) is 10.2. The predicted octanol–water partition coefficient (Wildman–Crippen LogP) is 3.02. The number of aliphatic hydroxyl groups excluding tert-OH is 1. The molecule has 0 fully saturated rings. The van der Waals surface area contributed by atoms with E-state index in [4.69, 9.17) is 11.6 Å². The highest BCUT2D eigenvalue weighted by atomic mass is 35.5. The van der Waals surface area contributed by atoms with Gasteiger partial charge in [0.15, 0.2) is 0 Å². The van der Waals surface area contributed by atoms with Crippen molar-refractivity contribution in [2.75, 3.05) is 0 Å². The molecule has 80 valence electrons. The second-order valence-electron chi connectivity index (χ2n) is 3.92. The molecule has 0 radical (unpaired) electrons. The highest BCUT2D eigenvalue weighted by Crippen LogP contribution is 2.14. The van der Waals surface area contributed by atoms with Crippen LogP contribution in [0.15, 0.2) is 18.2 Å². The van der Waals surface area contributed by atoms with Gasteiger partial charge in [0.2, 0.25) is 0 Å². The first-order valence-electron chi connectivity index (χ1n) is 4.96. The molecular formula is C13H15ClO. The average Bonchev–Trinajstić information content (AvgIpc) is 2.15. The molecule has 1 nitrogen and oxygen atoms in total. The molecular weight excluding hydrogens is 208 g/mol. The van der Waals surface area contributed by atoms with Gasteiger partial charge >= 0.3 is 0 Å². The van der Waals surface area contributed by atoms with E-state index < -0.39 is 6.10 Å². The zero-order valence-electron chi connectivity index (χ0n) is 9.21. The molecule has 0 amide bonds. The summed E-state index contributed by atoms with van der Waals surface area (Å²) in [5.74, 6) is 5.94. The molecule has 15 heavy (non-hydrogen) atoms. The number of halogens is 1. The first kappa shape index (κ1) is 12.1. The lowest BCUT2D eigenvalue weighted by Crippen LogP contribution is -2.11. The van der Waals surface area contributed by atoms with Gasteiger partial charge in [0.05, 0.1) is 0 Å². The summed E-state index contributed by atoms with van der Waals surface area (Å²) in [7, 11) is 0.